The number of benzene rings is 1. The Labute approximate surface area is 115 Å². The Morgan fingerprint density at radius 2 is 2.22 bits per heavy atom. The van der Waals surface area contributed by atoms with E-state index < -0.39 is 15.8 Å². The summed E-state index contributed by atoms with van der Waals surface area (Å²) in [5, 5.41) is 0.794. The number of rotatable bonds is 3. The van der Waals surface area contributed by atoms with Gasteiger partial charge in [-0.15, -0.1) is 0 Å². The van der Waals surface area contributed by atoms with Crippen molar-refractivity contribution in [3.8, 4) is 0 Å². The summed E-state index contributed by atoms with van der Waals surface area (Å²) in [4.78, 5) is 0.0396. The molecule has 2 rings (SSSR count). The van der Waals surface area contributed by atoms with E-state index in [0.29, 0.717) is 19.0 Å². The van der Waals surface area contributed by atoms with Gasteiger partial charge in [0.05, 0.1) is 4.90 Å². The molecule has 1 unspecified atom stereocenters. The predicted octanol–water partition coefficient (Wildman–Crippen LogP) is 2.62. The lowest BCUT2D eigenvalue weighted by atomic mass is 10.0. The van der Waals surface area contributed by atoms with E-state index in [0.717, 1.165) is 24.2 Å². The molecule has 1 fully saturated rings. The van der Waals surface area contributed by atoms with Gasteiger partial charge in [0.2, 0.25) is 10.0 Å². The summed E-state index contributed by atoms with van der Waals surface area (Å²) in [6.45, 7) is 1.02. The average Bonchev–Trinajstić information content (AvgIpc) is 2.39. The molecule has 0 spiro atoms. The highest BCUT2D eigenvalue weighted by Gasteiger charge is 2.29. The smallest absolute Gasteiger partial charge is 0.207 e. The summed E-state index contributed by atoms with van der Waals surface area (Å²) in [6, 6.07) is 5.19. The van der Waals surface area contributed by atoms with E-state index in [2.05, 4.69) is 15.9 Å². The minimum Gasteiger partial charge on any atom is -0.207 e. The van der Waals surface area contributed by atoms with Crippen LogP contribution in [-0.4, -0.2) is 31.1 Å². The van der Waals surface area contributed by atoms with Crippen LogP contribution >= 0.6 is 15.9 Å². The van der Waals surface area contributed by atoms with Gasteiger partial charge in [0, 0.05) is 18.4 Å². The normalized spacial score (nSPS) is 22.0. The maximum absolute atomic E-state index is 13.1. The average molecular weight is 336 g/mol. The van der Waals surface area contributed by atoms with Gasteiger partial charge < -0.3 is 0 Å². The zero-order valence-corrected chi connectivity index (χ0v) is 12.3. The van der Waals surface area contributed by atoms with Crippen molar-refractivity contribution >= 4 is 26.0 Å². The van der Waals surface area contributed by atoms with E-state index in [1.165, 1.54) is 22.5 Å². The van der Waals surface area contributed by atoms with E-state index in [9.17, 15) is 12.8 Å². The van der Waals surface area contributed by atoms with Crippen molar-refractivity contribution in [2.45, 2.75) is 17.7 Å². The third-order valence-corrected chi connectivity index (χ3v) is 5.91. The van der Waals surface area contributed by atoms with Crippen molar-refractivity contribution in [2.24, 2.45) is 5.92 Å². The Bertz CT molecular complexity index is 521. The third kappa shape index (κ3) is 2.92. The molecule has 1 saturated heterocycles. The fraction of sp³-hybridized carbons (Fsp3) is 0.500. The first-order chi connectivity index (χ1) is 8.54. The molecule has 1 aliphatic heterocycles. The Hall–Kier alpha value is -0.460. The first-order valence-electron chi connectivity index (χ1n) is 5.85. The molecule has 0 radical (unpaired) electrons. The van der Waals surface area contributed by atoms with Gasteiger partial charge in [-0.05, 0) is 37.0 Å². The topological polar surface area (TPSA) is 37.4 Å². The zero-order chi connectivity index (χ0) is 13.2. The molecule has 0 saturated carbocycles. The molecule has 1 atom stereocenters. The van der Waals surface area contributed by atoms with Crippen LogP contribution in [0.5, 0.6) is 0 Å². The van der Waals surface area contributed by atoms with E-state index in [1.807, 2.05) is 0 Å². The highest BCUT2D eigenvalue weighted by atomic mass is 79.9. The Kier molecular flexibility index (Phi) is 4.40. The predicted molar refractivity (Wildman–Crippen MR) is 71.7 cm³/mol. The lowest BCUT2D eigenvalue weighted by Gasteiger charge is -2.31. The van der Waals surface area contributed by atoms with Crippen molar-refractivity contribution in [1.29, 1.82) is 0 Å². The molecule has 1 aromatic carbocycles. The molecule has 18 heavy (non-hydrogen) atoms. The zero-order valence-electron chi connectivity index (χ0n) is 9.85. The lowest BCUT2D eigenvalue weighted by Crippen LogP contribution is -2.40. The third-order valence-electron chi connectivity index (χ3n) is 3.13. The summed E-state index contributed by atoms with van der Waals surface area (Å²) in [7, 11) is -3.56. The second kappa shape index (κ2) is 5.67. The molecule has 0 bridgehead atoms. The van der Waals surface area contributed by atoms with Gasteiger partial charge >= 0.3 is 0 Å². The molecule has 0 N–H and O–H groups in total. The fourth-order valence-electron chi connectivity index (χ4n) is 2.15. The van der Waals surface area contributed by atoms with E-state index >= 15 is 0 Å². The largest absolute Gasteiger partial charge is 0.243 e. The maximum atomic E-state index is 13.1. The first kappa shape index (κ1) is 14.0. The second-order valence-corrected chi connectivity index (χ2v) is 7.07. The fourth-order valence-corrected chi connectivity index (χ4v) is 4.26. The lowest BCUT2D eigenvalue weighted by molar-refractivity contribution is 0.285. The maximum Gasteiger partial charge on any atom is 0.243 e. The molecule has 0 aromatic heterocycles. The van der Waals surface area contributed by atoms with Crippen molar-refractivity contribution in [2.75, 3.05) is 18.4 Å². The van der Waals surface area contributed by atoms with Crippen LogP contribution in [0, 0.1) is 11.7 Å². The van der Waals surface area contributed by atoms with E-state index in [1.54, 1.807) is 0 Å². The molecular formula is C12H15BrFNO2S. The number of alkyl halides is 1. The molecule has 0 aliphatic carbocycles. The van der Waals surface area contributed by atoms with Crippen molar-refractivity contribution in [3.05, 3.63) is 30.1 Å². The highest BCUT2D eigenvalue weighted by Crippen LogP contribution is 2.24. The number of nitrogens with zero attached hydrogens (tertiary/aromatic N) is 1. The molecule has 0 amide bonds. The Morgan fingerprint density at radius 3 is 2.89 bits per heavy atom. The number of sulfonamides is 1. The van der Waals surface area contributed by atoms with Crippen LogP contribution < -0.4 is 0 Å². The van der Waals surface area contributed by atoms with Crippen LogP contribution in [0.1, 0.15) is 12.8 Å². The first-order valence-corrected chi connectivity index (χ1v) is 8.42. The van der Waals surface area contributed by atoms with Crippen LogP contribution in [0.4, 0.5) is 4.39 Å². The molecule has 3 nitrogen and oxygen atoms in total. The molecule has 6 heteroatoms. The number of halogens is 2. The van der Waals surface area contributed by atoms with Gasteiger partial charge in [-0.2, -0.15) is 4.31 Å². The summed E-state index contributed by atoms with van der Waals surface area (Å²) >= 11 is 3.39. The summed E-state index contributed by atoms with van der Waals surface area (Å²) in [5.41, 5.74) is 0. The van der Waals surface area contributed by atoms with Crippen LogP contribution in [0.15, 0.2) is 29.2 Å². The standard InChI is InChI=1S/C12H15BrFNO2S/c13-8-10-3-2-6-15(9-10)18(16,17)12-5-1-4-11(14)7-12/h1,4-5,7,10H,2-3,6,8-9H2. The minimum atomic E-state index is -3.56. The summed E-state index contributed by atoms with van der Waals surface area (Å²) in [6.07, 6.45) is 1.88. The Balaban J connectivity index is 2.25. The van der Waals surface area contributed by atoms with Gasteiger partial charge in [0.25, 0.3) is 0 Å². The quantitative estimate of drug-likeness (QED) is 0.796. The number of hydrogen-bond donors (Lipinski definition) is 0. The number of hydrogen-bond acceptors (Lipinski definition) is 2. The SMILES string of the molecule is O=S(=O)(c1cccc(F)c1)N1CCCC(CBr)C1. The van der Waals surface area contributed by atoms with Crippen LogP contribution in [0.3, 0.4) is 0 Å². The molecule has 1 aliphatic rings. The summed E-state index contributed by atoms with van der Waals surface area (Å²) < 4.78 is 39.3. The van der Waals surface area contributed by atoms with Crippen molar-refractivity contribution in [1.82, 2.24) is 4.31 Å². The van der Waals surface area contributed by atoms with Crippen molar-refractivity contribution < 1.29 is 12.8 Å². The van der Waals surface area contributed by atoms with E-state index in [4.69, 9.17) is 0 Å². The van der Waals surface area contributed by atoms with Crippen molar-refractivity contribution in [3.63, 3.8) is 0 Å². The van der Waals surface area contributed by atoms with Gasteiger partial charge in [-0.1, -0.05) is 22.0 Å². The van der Waals surface area contributed by atoms with Crippen LogP contribution in [0.25, 0.3) is 0 Å². The minimum absolute atomic E-state index is 0.0396. The molecule has 1 aromatic rings. The van der Waals surface area contributed by atoms with E-state index in [-0.39, 0.29) is 4.90 Å². The molecule has 1 heterocycles. The van der Waals surface area contributed by atoms with Gasteiger partial charge in [-0.3, -0.25) is 0 Å². The second-order valence-electron chi connectivity index (χ2n) is 4.48. The van der Waals surface area contributed by atoms with Gasteiger partial charge in [0.1, 0.15) is 5.82 Å². The van der Waals surface area contributed by atoms with Gasteiger partial charge in [0.15, 0.2) is 0 Å². The monoisotopic (exact) mass is 335 g/mol. The summed E-state index contributed by atoms with van der Waals surface area (Å²) in [5.74, 6) is -0.188. The highest BCUT2D eigenvalue weighted by molar-refractivity contribution is 9.09. The van der Waals surface area contributed by atoms with Crippen LogP contribution in [-0.2, 0) is 10.0 Å². The number of piperidine rings is 1. The molecular weight excluding hydrogens is 321 g/mol. The Morgan fingerprint density at radius 1 is 1.44 bits per heavy atom. The van der Waals surface area contributed by atoms with Crippen LogP contribution in [0.2, 0.25) is 0 Å². The van der Waals surface area contributed by atoms with Gasteiger partial charge in [-0.25, -0.2) is 12.8 Å². The molecule has 100 valence electrons.